The Morgan fingerprint density at radius 3 is 2.46 bits per heavy atom. The molecule has 0 unspecified atom stereocenters. The van der Waals surface area contributed by atoms with E-state index in [1.807, 2.05) is 54.6 Å². The van der Waals surface area contributed by atoms with Crippen molar-refractivity contribution in [2.24, 2.45) is 0 Å². The molecule has 0 saturated carbocycles. The topological polar surface area (TPSA) is 66.1 Å². The first-order valence-electron chi connectivity index (χ1n) is 8.55. The van der Waals surface area contributed by atoms with Crippen molar-refractivity contribution in [1.82, 2.24) is 14.3 Å². The zero-order valence-electron chi connectivity index (χ0n) is 14.0. The number of aromatic amines is 1. The van der Waals surface area contributed by atoms with Crippen LogP contribution in [-0.4, -0.2) is 35.8 Å². The number of H-pyrrole nitrogens is 1. The predicted molar refractivity (Wildman–Crippen MR) is 102 cm³/mol. The SMILES string of the molecule is O=S(=O)(c1ccc2ccccc2c1)N1CC(c2nc3ccccc3[nH]2)C1. The Bertz CT molecular complexity index is 1190. The number of fused-ring (bicyclic) bond motifs is 2. The Morgan fingerprint density at radius 1 is 0.923 bits per heavy atom. The average molecular weight is 363 g/mol. The second-order valence-corrected chi connectivity index (χ2v) is 8.61. The van der Waals surface area contributed by atoms with Gasteiger partial charge in [0, 0.05) is 19.0 Å². The fraction of sp³-hybridized carbons (Fsp3) is 0.150. The zero-order valence-corrected chi connectivity index (χ0v) is 14.8. The molecule has 5 rings (SSSR count). The van der Waals surface area contributed by atoms with Gasteiger partial charge in [-0.1, -0.05) is 42.5 Å². The summed E-state index contributed by atoms with van der Waals surface area (Å²) >= 11 is 0. The van der Waals surface area contributed by atoms with Gasteiger partial charge >= 0.3 is 0 Å². The van der Waals surface area contributed by atoms with Crippen molar-refractivity contribution in [3.05, 3.63) is 72.6 Å². The number of rotatable bonds is 3. The molecule has 5 nitrogen and oxygen atoms in total. The van der Waals surface area contributed by atoms with Gasteiger partial charge < -0.3 is 4.98 Å². The van der Waals surface area contributed by atoms with Crippen molar-refractivity contribution in [3.8, 4) is 0 Å². The highest BCUT2D eigenvalue weighted by molar-refractivity contribution is 7.89. The molecular formula is C20H17N3O2S. The lowest BCUT2D eigenvalue weighted by Crippen LogP contribution is -2.48. The molecule has 0 radical (unpaired) electrons. The Hall–Kier alpha value is -2.70. The van der Waals surface area contributed by atoms with E-state index < -0.39 is 10.0 Å². The van der Waals surface area contributed by atoms with Gasteiger partial charge in [0.2, 0.25) is 10.0 Å². The van der Waals surface area contributed by atoms with Crippen molar-refractivity contribution in [2.45, 2.75) is 10.8 Å². The molecule has 0 spiro atoms. The van der Waals surface area contributed by atoms with Gasteiger partial charge in [-0.15, -0.1) is 0 Å². The number of hydrogen-bond donors (Lipinski definition) is 1. The van der Waals surface area contributed by atoms with Gasteiger partial charge in [0.1, 0.15) is 5.82 Å². The molecule has 6 heteroatoms. The third kappa shape index (κ3) is 2.41. The number of nitrogens with zero attached hydrogens (tertiary/aromatic N) is 2. The van der Waals surface area contributed by atoms with Gasteiger partial charge in [-0.2, -0.15) is 4.31 Å². The molecule has 0 amide bonds. The summed E-state index contributed by atoms with van der Waals surface area (Å²) in [6.07, 6.45) is 0. The Morgan fingerprint density at radius 2 is 1.65 bits per heavy atom. The number of para-hydroxylation sites is 2. The maximum absolute atomic E-state index is 12.9. The summed E-state index contributed by atoms with van der Waals surface area (Å²) in [5.41, 5.74) is 1.90. The van der Waals surface area contributed by atoms with E-state index in [2.05, 4.69) is 9.97 Å². The molecule has 130 valence electrons. The Kier molecular flexibility index (Phi) is 3.38. The van der Waals surface area contributed by atoms with Gasteiger partial charge in [-0.25, -0.2) is 13.4 Å². The number of imidazole rings is 1. The van der Waals surface area contributed by atoms with Crippen molar-refractivity contribution in [1.29, 1.82) is 0 Å². The summed E-state index contributed by atoms with van der Waals surface area (Å²) in [5, 5.41) is 1.97. The zero-order chi connectivity index (χ0) is 17.7. The number of benzene rings is 3. The fourth-order valence-corrected chi connectivity index (χ4v) is 5.02. The van der Waals surface area contributed by atoms with Crippen LogP contribution in [0, 0.1) is 0 Å². The van der Waals surface area contributed by atoms with E-state index in [1.165, 1.54) is 4.31 Å². The summed E-state index contributed by atoms with van der Waals surface area (Å²) in [7, 11) is -3.47. The molecule has 4 aromatic rings. The largest absolute Gasteiger partial charge is 0.342 e. The van der Waals surface area contributed by atoms with Crippen molar-refractivity contribution >= 4 is 31.8 Å². The molecule has 0 aliphatic carbocycles. The Labute approximate surface area is 151 Å². The summed E-state index contributed by atoms with van der Waals surface area (Å²) in [5.74, 6) is 0.966. The smallest absolute Gasteiger partial charge is 0.243 e. The van der Waals surface area contributed by atoms with Gasteiger partial charge in [0.25, 0.3) is 0 Å². The molecule has 2 heterocycles. The lowest BCUT2D eigenvalue weighted by molar-refractivity contribution is 0.257. The first kappa shape index (κ1) is 15.5. The number of hydrogen-bond acceptors (Lipinski definition) is 3. The molecule has 1 N–H and O–H groups in total. The molecule has 1 saturated heterocycles. The van der Waals surface area contributed by atoms with E-state index in [-0.39, 0.29) is 5.92 Å². The van der Waals surface area contributed by atoms with E-state index in [1.54, 1.807) is 12.1 Å². The molecule has 1 aliphatic rings. The first-order valence-corrected chi connectivity index (χ1v) is 9.99. The predicted octanol–water partition coefficient (Wildman–Crippen LogP) is 3.50. The van der Waals surface area contributed by atoms with Gasteiger partial charge in [-0.05, 0) is 35.0 Å². The standard InChI is InChI=1S/C20H17N3O2S/c24-26(25,17-10-9-14-5-1-2-6-15(14)11-17)23-12-16(13-23)20-21-18-7-3-4-8-19(18)22-20/h1-11,16H,12-13H2,(H,21,22). The lowest BCUT2D eigenvalue weighted by Gasteiger charge is -2.36. The van der Waals surface area contributed by atoms with Crippen LogP contribution in [0.1, 0.15) is 11.7 Å². The van der Waals surface area contributed by atoms with E-state index in [4.69, 9.17) is 0 Å². The first-order chi connectivity index (χ1) is 12.6. The van der Waals surface area contributed by atoms with Gasteiger partial charge in [0.05, 0.1) is 15.9 Å². The monoisotopic (exact) mass is 363 g/mol. The highest BCUT2D eigenvalue weighted by Gasteiger charge is 2.39. The highest BCUT2D eigenvalue weighted by Crippen LogP contribution is 2.32. The molecule has 0 atom stereocenters. The second kappa shape index (κ2) is 5.65. The molecule has 1 fully saturated rings. The van der Waals surface area contributed by atoms with Crippen LogP contribution in [0.4, 0.5) is 0 Å². The van der Waals surface area contributed by atoms with Crippen LogP contribution in [-0.2, 0) is 10.0 Å². The number of sulfonamides is 1. The van der Waals surface area contributed by atoms with Gasteiger partial charge in [0.15, 0.2) is 0 Å². The number of nitrogens with one attached hydrogen (secondary N) is 1. The maximum Gasteiger partial charge on any atom is 0.243 e. The fourth-order valence-electron chi connectivity index (χ4n) is 3.45. The third-order valence-electron chi connectivity index (χ3n) is 5.00. The van der Waals surface area contributed by atoms with Gasteiger partial charge in [-0.3, -0.25) is 0 Å². The van der Waals surface area contributed by atoms with Crippen LogP contribution < -0.4 is 0 Å². The minimum Gasteiger partial charge on any atom is -0.342 e. The van der Waals surface area contributed by atoms with Crippen LogP contribution in [0.2, 0.25) is 0 Å². The van der Waals surface area contributed by atoms with E-state index in [9.17, 15) is 8.42 Å². The van der Waals surface area contributed by atoms with Crippen molar-refractivity contribution in [3.63, 3.8) is 0 Å². The minimum absolute atomic E-state index is 0.109. The van der Waals surface area contributed by atoms with E-state index in [0.29, 0.717) is 18.0 Å². The molecule has 1 aromatic heterocycles. The second-order valence-electron chi connectivity index (χ2n) is 6.67. The molecule has 1 aliphatic heterocycles. The van der Waals surface area contributed by atoms with Crippen molar-refractivity contribution in [2.75, 3.05) is 13.1 Å². The molecular weight excluding hydrogens is 346 g/mol. The summed E-state index contributed by atoms with van der Waals surface area (Å²) in [6.45, 7) is 0.907. The molecule has 26 heavy (non-hydrogen) atoms. The minimum atomic E-state index is -3.47. The third-order valence-corrected chi connectivity index (χ3v) is 6.83. The van der Waals surface area contributed by atoms with Crippen molar-refractivity contribution < 1.29 is 8.42 Å². The van der Waals surface area contributed by atoms with Crippen LogP contribution >= 0.6 is 0 Å². The highest BCUT2D eigenvalue weighted by atomic mass is 32.2. The molecule has 3 aromatic carbocycles. The summed E-state index contributed by atoms with van der Waals surface area (Å²) in [6, 6.07) is 20.9. The van der Waals surface area contributed by atoms with Crippen LogP contribution in [0.15, 0.2) is 71.6 Å². The maximum atomic E-state index is 12.9. The van der Waals surface area contributed by atoms with E-state index >= 15 is 0 Å². The summed E-state index contributed by atoms with van der Waals surface area (Å²) in [4.78, 5) is 8.24. The quantitative estimate of drug-likeness (QED) is 0.606. The summed E-state index contributed by atoms with van der Waals surface area (Å²) < 4.78 is 27.3. The Balaban J connectivity index is 1.40. The van der Waals surface area contributed by atoms with Crippen LogP contribution in [0.3, 0.4) is 0 Å². The number of aromatic nitrogens is 2. The van der Waals surface area contributed by atoms with E-state index in [0.717, 1.165) is 27.6 Å². The average Bonchev–Trinajstić information content (AvgIpc) is 3.03. The molecule has 0 bridgehead atoms. The lowest BCUT2D eigenvalue weighted by atomic mass is 10.0. The normalized spacial score (nSPS) is 16.2. The van der Waals surface area contributed by atoms with Crippen LogP contribution in [0.5, 0.6) is 0 Å². The van der Waals surface area contributed by atoms with Crippen LogP contribution in [0.25, 0.3) is 21.8 Å².